The van der Waals surface area contributed by atoms with Crippen molar-refractivity contribution in [3.8, 4) is 0 Å². The van der Waals surface area contributed by atoms with Gasteiger partial charge in [0, 0.05) is 30.1 Å². The summed E-state index contributed by atoms with van der Waals surface area (Å²) >= 11 is 1.88. The first-order valence-electron chi connectivity index (χ1n) is 8.54. The highest BCUT2D eigenvalue weighted by atomic mass is 32.1. The lowest BCUT2D eigenvalue weighted by Crippen LogP contribution is -2.45. The minimum Gasteiger partial charge on any atom is -0.313 e. The van der Waals surface area contributed by atoms with Gasteiger partial charge in [0.1, 0.15) is 0 Å². The van der Waals surface area contributed by atoms with Crippen molar-refractivity contribution in [2.75, 3.05) is 20.1 Å². The first-order valence-corrected chi connectivity index (χ1v) is 9.42. The van der Waals surface area contributed by atoms with E-state index in [1.54, 1.807) is 0 Å². The van der Waals surface area contributed by atoms with E-state index in [0.29, 0.717) is 11.5 Å². The number of hydrogen-bond acceptors (Lipinski definition) is 3. The Morgan fingerprint density at radius 1 is 1.38 bits per heavy atom. The highest BCUT2D eigenvalue weighted by molar-refractivity contribution is 7.09. The van der Waals surface area contributed by atoms with Gasteiger partial charge >= 0.3 is 0 Å². The molecule has 0 aliphatic heterocycles. The first-order chi connectivity index (χ1) is 10.1. The van der Waals surface area contributed by atoms with Gasteiger partial charge in [-0.3, -0.25) is 0 Å². The molecule has 1 saturated carbocycles. The number of hydrogen-bond donors (Lipinski definition) is 1. The van der Waals surface area contributed by atoms with Crippen LogP contribution in [0.3, 0.4) is 0 Å². The van der Waals surface area contributed by atoms with Gasteiger partial charge in [-0.25, -0.2) is 0 Å². The molecule has 1 aromatic heterocycles. The average molecular weight is 309 g/mol. The standard InChI is InChI=1S/C18H32N2S/c1-5-18(6-2,13-19-16-9-10-16)14-20(4)15(3)12-17-8-7-11-21-17/h7-8,11,15-16,19H,5-6,9-10,12-14H2,1-4H3. The highest BCUT2D eigenvalue weighted by Crippen LogP contribution is 2.30. The van der Waals surface area contributed by atoms with Gasteiger partial charge in [-0.05, 0) is 62.9 Å². The van der Waals surface area contributed by atoms with Crippen LogP contribution in [0.4, 0.5) is 0 Å². The number of nitrogens with one attached hydrogen (secondary N) is 1. The molecule has 3 heteroatoms. The van der Waals surface area contributed by atoms with Crippen LogP contribution in [0.15, 0.2) is 17.5 Å². The zero-order chi connectivity index (χ0) is 15.3. The van der Waals surface area contributed by atoms with Gasteiger partial charge < -0.3 is 10.2 Å². The maximum Gasteiger partial charge on any atom is 0.0112 e. The molecule has 1 unspecified atom stereocenters. The average Bonchev–Trinajstić information content (AvgIpc) is 3.19. The summed E-state index contributed by atoms with van der Waals surface area (Å²) in [4.78, 5) is 4.07. The minimum atomic E-state index is 0.432. The number of nitrogens with zero attached hydrogens (tertiary/aromatic N) is 1. The van der Waals surface area contributed by atoms with Crippen LogP contribution in [0.2, 0.25) is 0 Å². The molecule has 120 valence electrons. The zero-order valence-corrected chi connectivity index (χ0v) is 15.0. The second-order valence-electron chi connectivity index (χ2n) is 6.91. The van der Waals surface area contributed by atoms with Crippen molar-refractivity contribution in [2.45, 2.75) is 65.0 Å². The third-order valence-electron chi connectivity index (χ3n) is 5.26. The molecule has 0 saturated heterocycles. The summed E-state index contributed by atoms with van der Waals surface area (Å²) in [5, 5.41) is 5.95. The van der Waals surface area contributed by atoms with E-state index in [2.05, 4.69) is 55.5 Å². The third-order valence-corrected chi connectivity index (χ3v) is 6.16. The fourth-order valence-electron chi connectivity index (χ4n) is 2.99. The smallest absolute Gasteiger partial charge is 0.0112 e. The lowest BCUT2D eigenvalue weighted by Gasteiger charge is -2.38. The van der Waals surface area contributed by atoms with Gasteiger partial charge in [0.05, 0.1) is 0 Å². The first kappa shape index (κ1) is 17.0. The van der Waals surface area contributed by atoms with E-state index < -0.39 is 0 Å². The molecule has 1 N–H and O–H groups in total. The van der Waals surface area contributed by atoms with E-state index in [1.807, 2.05) is 11.3 Å². The fourth-order valence-corrected chi connectivity index (χ4v) is 3.81. The highest BCUT2D eigenvalue weighted by Gasteiger charge is 2.31. The molecule has 1 fully saturated rings. The van der Waals surface area contributed by atoms with Crippen LogP contribution in [0, 0.1) is 5.41 Å². The Balaban J connectivity index is 1.87. The largest absolute Gasteiger partial charge is 0.313 e. The molecule has 0 bridgehead atoms. The molecular formula is C18H32N2S. The van der Waals surface area contributed by atoms with E-state index in [0.717, 1.165) is 6.04 Å². The van der Waals surface area contributed by atoms with Crippen molar-refractivity contribution in [1.29, 1.82) is 0 Å². The normalized spacial score (nSPS) is 17.4. The molecule has 1 heterocycles. The van der Waals surface area contributed by atoms with E-state index >= 15 is 0 Å². The Kier molecular flexibility index (Phi) is 6.27. The molecule has 1 aliphatic carbocycles. The van der Waals surface area contributed by atoms with Crippen LogP contribution >= 0.6 is 11.3 Å². The summed E-state index contributed by atoms with van der Waals surface area (Å²) in [6.07, 6.45) is 6.47. The molecule has 0 spiro atoms. The molecule has 0 amide bonds. The minimum absolute atomic E-state index is 0.432. The quantitative estimate of drug-likeness (QED) is 0.698. The topological polar surface area (TPSA) is 15.3 Å². The van der Waals surface area contributed by atoms with Gasteiger partial charge in [-0.2, -0.15) is 0 Å². The van der Waals surface area contributed by atoms with Gasteiger partial charge in [-0.1, -0.05) is 19.9 Å². The zero-order valence-electron chi connectivity index (χ0n) is 14.2. The Hall–Kier alpha value is -0.380. The Morgan fingerprint density at radius 2 is 2.10 bits per heavy atom. The monoisotopic (exact) mass is 308 g/mol. The summed E-state index contributed by atoms with van der Waals surface area (Å²) in [6, 6.07) is 5.85. The van der Waals surface area contributed by atoms with Crippen molar-refractivity contribution in [2.24, 2.45) is 5.41 Å². The lowest BCUT2D eigenvalue weighted by atomic mass is 9.81. The summed E-state index contributed by atoms with van der Waals surface area (Å²) in [5.74, 6) is 0. The number of rotatable bonds is 10. The van der Waals surface area contributed by atoms with Crippen molar-refractivity contribution >= 4 is 11.3 Å². The third kappa shape index (κ3) is 5.08. The SMILES string of the molecule is CCC(CC)(CNC1CC1)CN(C)C(C)Cc1cccs1. The Bertz CT molecular complexity index is 393. The van der Waals surface area contributed by atoms with E-state index in [4.69, 9.17) is 0 Å². The van der Waals surface area contributed by atoms with Crippen LogP contribution < -0.4 is 5.32 Å². The maximum absolute atomic E-state index is 3.76. The van der Waals surface area contributed by atoms with Crippen molar-refractivity contribution < 1.29 is 0 Å². The van der Waals surface area contributed by atoms with Gasteiger partial charge in [-0.15, -0.1) is 11.3 Å². The molecule has 21 heavy (non-hydrogen) atoms. The second kappa shape index (κ2) is 7.75. The summed E-state index contributed by atoms with van der Waals surface area (Å²) < 4.78 is 0. The van der Waals surface area contributed by atoms with E-state index in [-0.39, 0.29) is 0 Å². The van der Waals surface area contributed by atoms with Crippen molar-refractivity contribution in [3.63, 3.8) is 0 Å². The van der Waals surface area contributed by atoms with E-state index in [1.165, 1.54) is 50.1 Å². The molecule has 0 aromatic carbocycles. The summed E-state index contributed by atoms with van der Waals surface area (Å²) in [7, 11) is 2.30. The van der Waals surface area contributed by atoms with E-state index in [9.17, 15) is 0 Å². The van der Waals surface area contributed by atoms with Crippen molar-refractivity contribution in [1.82, 2.24) is 10.2 Å². The lowest BCUT2D eigenvalue weighted by molar-refractivity contribution is 0.127. The Labute approximate surface area is 134 Å². The molecule has 1 aliphatic rings. The predicted molar refractivity (Wildman–Crippen MR) is 94.2 cm³/mol. The molecule has 0 radical (unpaired) electrons. The molecular weight excluding hydrogens is 276 g/mol. The molecule has 1 aromatic rings. The number of thiophene rings is 1. The fraction of sp³-hybridized carbons (Fsp3) is 0.778. The predicted octanol–water partition coefficient (Wildman–Crippen LogP) is 4.17. The van der Waals surface area contributed by atoms with Gasteiger partial charge in [0.15, 0.2) is 0 Å². The van der Waals surface area contributed by atoms with Crippen LogP contribution in [-0.2, 0) is 6.42 Å². The summed E-state index contributed by atoms with van der Waals surface area (Å²) in [5.41, 5.74) is 0.432. The second-order valence-corrected chi connectivity index (χ2v) is 7.94. The van der Waals surface area contributed by atoms with Crippen LogP contribution in [-0.4, -0.2) is 37.1 Å². The molecule has 2 nitrogen and oxygen atoms in total. The Morgan fingerprint density at radius 3 is 2.62 bits per heavy atom. The van der Waals surface area contributed by atoms with Crippen molar-refractivity contribution in [3.05, 3.63) is 22.4 Å². The molecule has 2 rings (SSSR count). The number of likely N-dealkylation sites (N-methyl/N-ethyl adjacent to an activating group) is 1. The molecule has 1 atom stereocenters. The van der Waals surface area contributed by atoms with Gasteiger partial charge in [0.2, 0.25) is 0 Å². The van der Waals surface area contributed by atoms with Crippen LogP contribution in [0.1, 0.15) is 51.3 Å². The van der Waals surface area contributed by atoms with Crippen LogP contribution in [0.5, 0.6) is 0 Å². The van der Waals surface area contributed by atoms with Gasteiger partial charge in [0.25, 0.3) is 0 Å². The van der Waals surface area contributed by atoms with Crippen LogP contribution in [0.25, 0.3) is 0 Å². The summed E-state index contributed by atoms with van der Waals surface area (Å²) in [6.45, 7) is 9.46. The maximum atomic E-state index is 3.76.